The lowest BCUT2D eigenvalue weighted by Crippen LogP contribution is -2.30. The highest BCUT2D eigenvalue weighted by Crippen LogP contribution is 2.17. The van der Waals surface area contributed by atoms with E-state index in [9.17, 15) is 14.4 Å². The summed E-state index contributed by atoms with van der Waals surface area (Å²) in [7, 11) is 0. The van der Waals surface area contributed by atoms with Crippen molar-refractivity contribution in [1.29, 1.82) is 0 Å². The second-order valence-corrected chi connectivity index (χ2v) is 19.5. The van der Waals surface area contributed by atoms with E-state index in [4.69, 9.17) is 14.2 Å². The Morgan fingerprint density at radius 2 is 0.582 bits per heavy atom. The first-order valence-electron chi connectivity index (χ1n) is 29.1. The first-order chi connectivity index (χ1) is 33.0. The predicted octanol–water partition coefficient (Wildman–Crippen LogP) is 19.4. The molecule has 6 heteroatoms. The molecule has 0 saturated carbocycles. The van der Waals surface area contributed by atoms with E-state index in [1.165, 1.54) is 193 Å². The summed E-state index contributed by atoms with van der Waals surface area (Å²) in [5.74, 6) is -0.967. The van der Waals surface area contributed by atoms with Crippen molar-refractivity contribution in [3.63, 3.8) is 0 Å². The van der Waals surface area contributed by atoms with Crippen LogP contribution < -0.4 is 0 Å². The van der Waals surface area contributed by atoms with Crippen molar-refractivity contribution >= 4 is 17.9 Å². The quantitative estimate of drug-likeness (QED) is 0.0262. The summed E-state index contributed by atoms with van der Waals surface area (Å²) < 4.78 is 16.8. The molecule has 0 aliphatic heterocycles. The number of unbranched alkanes of at least 4 members (excludes halogenated alkanes) is 34. The zero-order valence-electron chi connectivity index (χ0n) is 44.7. The Hall–Kier alpha value is -2.63. The highest BCUT2D eigenvalue weighted by Gasteiger charge is 2.19. The zero-order chi connectivity index (χ0) is 48.6. The summed E-state index contributed by atoms with van der Waals surface area (Å²) in [5, 5.41) is 0. The molecule has 6 nitrogen and oxygen atoms in total. The number of hydrogen-bond acceptors (Lipinski definition) is 6. The van der Waals surface area contributed by atoms with Gasteiger partial charge in [0.2, 0.25) is 0 Å². The Bertz CT molecular complexity index is 1170. The first-order valence-corrected chi connectivity index (χ1v) is 29.1. The van der Waals surface area contributed by atoms with E-state index in [2.05, 4.69) is 63.3 Å². The molecule has 0 radical (unpaired) electrons. The smallest absolute Gasteiger partial charge is 0.306 e. The van der Waals surface area contributed by atoms with Crippen LogP contribution in [-0.2, 0) is 28.6 Å². The Morgan fingerprint density at radius 1 is 0.313 bits per heavy atom. The second-order valence-electron chi connectivity index (χ2n) is 19.5. The molecule has 0 heterocycles. The molecule has 67 heavy (non-hydrogen) atoms. The van der Waals surface area contributed by atoms with Crippen LogP contribution in [0, 0.1) is 0 Å². The zero-order valence-corrected chi connectivity index (χ0v) is 44.7. The number of rotatable bonds is 53. The van der Waals surface area contributed by atoms with E-state index in [1.807, 2.05) is 6.08 Å². The molecule has 0 aromatic heterocycles. The van der Waals surface area contributed by atoms with Crippen molar-refractivity contribution in [2.75, 3.05) is 13.2 Å². The molecule has 0 fully saturated rings. The van der Waals surface area contributed by atoms with Crippen LogP contribution in [0.1, 0.15) is 303 Å². The molecular weight excluding hydrogens is 829 g/mol. The lowest BCUT2D eigenvalue weighted by molar-refractivity contribution is -0.166. The van der Waals surface area contributed by atoms with Gasteiger partial charge in [-0.15, -0.1) is 0 Å². The number of allylic oxidation sites excluding steroid dienone is 8. The van der Waals surface area contributed by atoms with E-state index in [1.54, 1.807) is 0 Å². The third-order valence-corrected chi connectivity index (χ3v) is 12.9. The molecule has 0 saturated heterocycles. The third-order valence-electron chi connectivity index (χ3n) is 12.9. The van der Waals surface area contributed by atoms with Gasteiger partial charge >= 0.3 is 17.9 Å². The molecule has 0 aromatic carbocycles. The molecule has 0 aliphatic rings. The third kappa shape index (κ3) is 54.2. The average Bonchev–Trinajstić information content (AvgIpc) is 3.33. The summed E-state index contributed by atoms with van der Waals surface area (Å²) in [6, 6.07) is 0. The summed E-state index contributed by atoms with van der Waals surface area (Å²) in [6.07, 6.45) is 68.6. The van der Waals surface area contributed by atoms with Gasteiger partial charge in [0, 0.05) is 19.3 Å². The topological polar surface area (TPSA) is 78.9 Å². The van der Waals surface area contributed by atoms with Crippen LogP contribution in [-0.4, -0.2) is 37.2 Å². The molecule has 1 atom stereocenters. The van der Waals surface area contributed by atoms with Gasteiger partial charge in [-0.05, 0) is 44.9 Å². The molecule has 0 aromatic rings. The number of esters is 3. The maximum atomic E-state index is 12.8. The van der Waals surface area contributed by atoms with Crippen LogP contribution in [0.5, 0.6) is 0 Å². The summed E-state index contributed by atoms with van der Waals surface area (Å²) >= 11 is 0. The number of hydrogen-bond donors (Lipinski definition) is 0. The minimum Gasteiger partial charge on any atom is -0.462 e. The molecule has 0 N–H and O–H groups in total. The van der Waals surface area contributed by atoms with Gasteiger partial charge in [-0.1, -0.05) is 288 Å². The van der Waals surface area contributed by atoms with Crippen molar-refractivity contribution in [3.8, 4) is 0 Å². The fourth-order valence-electron chi connectivity index (χ4n) is 8.52. The van der Waals surface area contributed by atoms with Gasteiger partial charge in [0.05, 0.1) is 0 Å². The first kappa shape index (κ1) is 64.4. The van der Waals surface area contributed by atoms with Crippen LogP contribution >= 0.6 is 0 Å². The van der Waals surface area contributed by atoms with Crippen LogP contribution in [0.3, 0.4) is 0 Å². The summed E-state index contributed by atoms with van der Waals surface area (Å²) in [4.78, 5) is 38.0. The SMILES string of the molecule is CC/C=C\C/C=C\C/C=C\C/C=C\CCC(=O)OC(COC(=O)CCCCCCCCCCCCC)COC(=O)CCCCCCCCCCCCCCCCCCCCCCCCCCC. The molecule has 1 unspecified atom stereocenters. The van der Waals surface area contributed by atoms with E-state index < -0.39 is 6.10 Å². The molecule has 0 amide bonds. The lowest BCUT2D eigenvalue weighted by Gasteiger charge is -2.18. The van der Waals surface area contributed by atoms with Gasteiger partial charge in [0.1, 0.15) is 13.2 Å². The van der Waals surface area contributed by atoms with Crippen molar-refractivity contribution in [3.05, 3.63) is 48.6 Å². The van der Waals surface area contributed by atoms with E-state index in [-0.39, 0.29) is 37.5 Å². The standard InChI is InChI=1S/C61H110O6/c1-4-7-10-13-16-19-22-24-25-26-27-28-29-30-31-32-33-34-35-37-39-42-45-48-51-54-60(63)66-57-58(56-65-59(62)53-50-47-44-41-38-21-18-15-12-9-6-3)67-61(64)55-52-49-46-43-40-36-23-20-17-14-11-8-5-2/h8,11,17,20,36,40,46,49,58H,4-7,9-10,12-16,18-19,21-35,37-39,41-45,47-48,50-57H2,1-3H3/b11-8-,20-17-,40-36-,49-46-. The molecule has 0 aliphatic carbocycles. The maximum absolute atomic E-state index is 12.8. The van der Waals surface area contributed by atoms with Crippen LogP contribution in [0.25, 0.3) is 0 Å². The van der Waals surface area contributed by atoms with E-state index >= 15 is 0 Å². The Morgan fingerprint density at radius 3 is 0.881 bits per heavy atom. The lowest BCUT2D eigenvalue weighted by atomic mass is 10.0. The summed E-state index contributed by atoms with van der Waals surface area (Å²) in [5.41, 5.74) is 0. The Labute approximate surface area is 416 Å². The van der Waals surface area contributed by atoms with Crippen LogP contribution in [0.4, 0.5) is 0 Å². The highest BCUT2D eigenvalue weighted by atomic mass is 16.6. The Kier molecular flexibility index (Phi) is 53.8. The van der Waals surface area contributed by atoms with Crippen LogP contribution in [0.2, 0.25) is 0 Å². The monoisotopic (exact) mass is 939 g/mol. The number of carbonyl (C=O) groups is 3. The summed E-state index contributed by atoms with van der Waals surface area (Å²) in [6.45, 7) is 6.49. The fourth-order valence-corrected chi connectivity index (χ4v) is 8.52. The fraction of sp³-hybridized carbons (Fsp3) is 0.820. The molecule has 0 rings (SSSR count). The largest absolute Gasteiger partial charge is 0.462 e. The minimum atomic E-state index is -0.806. The number of ether oxygens (including phenoxy) is 3. The van der Waals surface area contributed by atoms with E-state index in [0.29, 0.717) is 19.3 Å². The van der Waals surface area contributed by atoms with E-state index in [0.717, 1.165) is 64.2 Å². The van der Waals surface area contributed by atoms with Gasteiger partial charge < -0.3 is 14.2 Å². The van der Waals surface area contributed by atoms with Gasteiger partial charge in [-0.3, -0.25) is 14.4 Å². The second kappa shape index (κ2) is 56.0. The van der Waals surface area contributed by atoms with Gasteiger partial charge in [0.25, 0.3) is 0 Å². The molecule has 0 bridgehead atoms. The highest BCUT2D eigenvalue weighted by molar-refractivity contribution is 5.71. The molecule has 0 spiro atoms. The normalized spacial score (nSPS) is 12.3. The molecular formula is C61H110O6. The maximum Gasteiger partial charge on any atom is 0.306 e. The number of carbonyl (C=O) groups excluding carboxylic acids is 3. The average molecular weight is 940 g/mol. The predicted molar refractivity (Wildman–Crippen MR) is 289 cm³/mol. The van der Waals surface area contributed by atoms with Crippen LogP contribution in [0.15, 0.2) is 48.6 Å². The van der Waals surface area contributed by atoms with Crippen molar-refractivity contribution < 1.29 is 28.6 Å². The molecule has 390 valence electrons. The van der Waals surface area contributed by atoms with Gasteiger partial charge in [-0.2, -0.15) is 0 Å². The van der Waals surface area contributed by atoms with Gasteiger partial charge in [0.15, 0.2) is 6.10 Å². The minimum absolute atomic E-state index is 0.0975. The Balaban J connectivity index is 4.21. The van der Waals surface area contributed by atoms with Crippen molar-refractivity contribution in [2.45, 2.75) is 309 Å². The van der Waals surface area contributed by atoms with Crippen molar-refractivity contribution in [1.82, 2.24) is 0 Å². The van der Waals surface area contributed by atoms with Gasteiger partial charge in [-0.25, -0.2) is 0 Å². The van der Waals surface area contributed by atoms with Crippen molar-refractivity contribution in [2.24, 2.45) is 0 Å².